The molecule has 0 saturated carbocycles. The van der Waals surface area contributed by atoms with Gasteiger partial charge in [-0.3, -0.25) is 14.5 Å². The number of thiazole rings is 1. The van der Waals surface area contributed by atoms with Crippen LogP contribution in [0.15, 0.2) is 36.9 Å². The summed E-state index contributed by atoms with van der Waals surface area (Å²) in [6.45, 7) is 5.70. The minimum absolute atomic E-state index is 0.00303. The molecule has 1 N–H and O–H groups in total. The van der Waals surface area contributed by atoms with Crippen LogP contribution in [0.1, 0.15) is 35.9 Å². The van der Waals surface area contributed by atoms with Crippen LogP contribution in [0.3, 0.4) is 0 Å². The van der Waals surface area contributed by atoms with Crippen LogP contribution in [-0.4, -0.2) is 23.3 Å². The molecule has 2 aromatic rings. The Morgan fingerprint density at radius 2 is 2.00 bits per heavy atom. The molecule has 1 heterocycles. The van der Waals surface area contributed by atoms with Crippen LogP contribution in [0.5, 0.6) is 0 Å². The monoisotopic (exact) mass is 369 g/mol. The van der Waals surface area contributed by atoms with Crippen LogP contribution in [0.4, 0.5) is 10.8 Å². The van der Waals surface area contributed by atoms with Crippen molar-refractivity contribution in [3.63, 3.8) is 0 Å². The Labute approximate surface area is 157 Å². The van der Waals surface area contributed by atoms with Crippen LogP contribution in [0, 0.1) is 0 Å². The average molecular weight is 369 g/mol. The number of hydrogen-bond acceptors (Lipinski definition) is 4. The molecule has 0 spiro atoms. The van der Waals surface area contributed by atoms with E-state index in [0.717, 1.165) is 34.9 Å². The second-order valence-corrected chi connectivity index (χ2v) is 7.48. The summed E-state index contributed by atoms with van der Waals surface area (Å²) in [5.74, 6) is -0.109. The molecule has 1 aromatic carbocycles. The van der Waals surface area contributed by atoms with Crippen molar-refractivity contribution < 1.29 is 9.59 Å². The summed E-state index contributed by atoms with van der Waals surface area (Å²) >= 11 is 1.63. The van der Waals surface area contributed by atoms with Crippen molar-refractivity contribution in [1.82, 2.24) is 4.98 Å². The first-order valence-corrected chi connectivity index (χ1v) is 9.65. The highest BCUT2D eigenvalue weighted by Gasteiger charge is 2.22. The van der Waals surface area contributed by atoms with Crippen LogP contribution in [0.25, 0.3) is 0 Å². The standard InChI is InChI=1S/C20H23N3O2S/c1-3-12-23(20-22-17-6-4-5-7-18(17)26-20)19(25)13-15-8-10-16(11-9-15)21-14(2)24/h3,8-11H,1,4-7,12-13H2,2H3,(H,21,24). The van der Waals surface area contributed by atoms with Crippen molar-refractivity contribution in [1.29, 1.82) is 0 Å². The van der Waals surface area contributed by atoms with Crippen molar-refractivity contribution >= 4 is 34.0 Å². The van der Waals surface area contributed by atoms with E-state index in [4.69, 9.17) is 4.98 Å². The molecule has 0 aliphatic heterocycles. The average Bonchev–Trinajstić information content (AvgIpc) is 3.04. The SMILES string of the molecule is C=CCN(C(=O)Cc1ccc(NC(C)=O)cc1)c1nc2c(s1)CCCC2. The van der Waals surface area contributed by atoms with E-state index in [2.05, 4.69) is 11.9 Å². The van der Waals surface area contributed by atoms with Crippen molar-refractivity contribution in [2.75, 3.05) is 16.8 Å². The molecule has 0 bridgehead atoms. The molecule has 3 rings (SSSR count). The Morgan fingerprint density at radius 1 is 1.27 bits per heavy atom. The minimum Gasteiger partial charge on any atom is -0.326 e. The number of nitrogens with one attached hydrogen (secondary N) is 1. The summed E-state index contributed by atoms with van der Waals surface area (Å²) in [6, 6.07) is 7.35. The second kappa shape index (κ2) is 8.27. The summed E-state index contributed by atoms with van der Waals surface area (Å²) in [5, 5.41) is 3.50. The van der Waals surface area contributed by atoms with Crippen LogP contribution in [-0.2, 0) is 28.9 Å². The number of hydrogen-bond donors (Lipinski definition) is 1. The van der Waals surface area contributed by atoms with Gasteiger partial charge in [0, 0.05) is 24.0 Å². The Hall–Kier alpha value is -2.47. The Kier molecular flexibility index (Phi) is 5.83. The lowest BCUT2D eigenvalue weighted by Crippen LogP contribution is -2.32. The van der Waals surface area contributed by atoms with Gasteiger partial charge in [0.15, 0.2) is 5.13 Å². The first-order valence-electron chi connectivity index (χ1n) is 8.83. The molecule has 0 fully saturated rings. The highest BCUT2D eigenvalue weighted by Crippen LogP contribution is 2.32. The maximum atomic E-state index is 12.9. The molecular formula is C20H23N3O2S. The van der Waals surface area contributed by atoms with Gasteiger partial charge in [-0.1, -0.05) is 18.2 Å². The van der Waals surface area contributed by atoms with E-state index < -0.39 is 0 Å². The van der Waals surface area contributed by atoms with Gasteiger partial charge in [0.2, 0.25) is 11.8 Å². The van der Waals surface area contributed by atoms with Crippen molar-refractivity contribution in [3.05, 3.63) is 53.1 Å². The second-order valence-electron chi connectivity index (χ2n) is 6.42. The number of anilines is 2. The van der Waals surface area contributed by atoms with E-state index in [1.165, 1.54) is 24.6 Å². The van der Waals surface area contributed by atoms with E-state index >= 15 is 0 Å². The van der Waals surface area contributed by atoms with Gasteiger partial charge in [0.05, 0.1) is 12.1 Å². The van der Waals surface area contributed by atoms with Crippen LogP contribution < -0.4 is 10.2 Å². The largest absolute Gasteiger partial charge is 0.326 e. The van der Waals surface area contributed by atoms with Crippen molar-refractivity contribution in [3.8, 4) is 0 Å². The third kappa shape index (κ3) is 4.38. The quantitative estimate of drug-likeness (QED) is 0.789. The number of aromatic nitrogens is 1. The highest BCUT2D eigenvalue weighted by atomic mass is 32.1. The maximum Gasteiger partial charge on any atom is 0.233 e. The summed E-state index contributed by atoms with van der Waals surface area (Å²) in [7, 11) is 0. The predicted octanol–water partition coefficient (Wildman–Crippen LogP) is 3.74. The lowest BCUT2D eigenvalue weighted by atomic mass is 10.0. The zero-order valence-electron chi connectivity index (χ0n) is 15.0. The molecule has 1 aliphatic rings. The number of aryl methyl sites for hydroxylation is 2. The van der Waals surface area contributed by atoms with Crippen LogP contribution in [0.2, 0.25) is 0 Å². The molecule has 2 amide bonds. The van der Waals surface area contributed by atoms with Crippen molar-refractivity contribution in [2.45, 2.75) is 39.0 Å². The van der Waals surface area contributed by atoms with Gasteiger partial charge in [0.25, 0.3) is 0 Å². The number of carbonyl (C=O) groups is 2. The third-order valence-corrected chi connectivity index (χ3v) is 5.49. The summed E-state index contributed by atoms with van der Waals surface area (Å²) in [4.78, 5) is 31.7. The highest BCUT2D eigenvalue weighted by molar-refractivity contribution is 7.16. The predicted molar refractivity (Wildman–Crippen MR) is 106 cm³/mol. The Bertz CT molecular complexity index is 787. The first kappa shape index (κ1) is 18.3. The summed E-state index contributed by atoms with van der Waals surface area (Å²) in [5.41, 5.74) is 2.78. The molecule has 0 radical (unpaired) electrons. The summed E-state index contributed by atoms with van der Waals surface area (Å²) < 4.78 is 0. The number of amides is 2. The van der Waals surface area contributed by atoms with E-state index in [1.807, 2.05) is 24.3 Å². The van der Waals surface area contributed by atoms with E-state index in [-0.39, 0.29) is 11.8 Å². The molecule has 136 valence electrons. The van der Waals surface area contributed by atoms with Gasteiger partial charge >= 0.3 is 0 Å². The van der Waals surface area contributed by atoms with Gasteiger partial charge in [-0.05, 0) is 43.4 Å². The van der Waals surface area contributed by atoms with E-state index in [0.29, 0.717) is 13.0 Å². The van der Waals surface area contributed by atoms with Gasteiger partial charge in [-0.25, -0.2) is 4.98 Å². The number of benzene rings is 1. The molecule has 1 aliphatic carbocycles. The van der Waals surface area contributed by atoms with Gasteiger partial charge < -0.3 is 5.32 Å². The van der Waals surface area contributed by atoms with E-state index in [1.54, 1.807) is 22.3 Å². The first-order chi connectivity index (χ1) is 12.6. The molecule has 6 heteroatoms. The third-order valence-electron chi connectivity index (χ3n) is 4.31. The number of rotatable bonds is 6. The smallest absolute Gasteiger partial charge is 0.233 e. The van der Waals surface area contributed by atoms with Gasteiger partial charge in [0.1, 0.15) is 0 Å². The van der Waals surface area contributed by atoms with Crippen LogP contribution >= 0.6 is 11.3 Å². The molecule has 5 nitrogen and oxygen atoms in total. The topological polar surface area (TPSA) is 62.3 Å². The zero-order chi connectivity index (χ0) is 18.5. The van der Waals surface area contributed by atoms with Gasteiger partial charge in [-0.15, -0.1) is 17.9 Å². The molecule has 0 saturated heterocycles. The fourth-order valence-corrected chi connectivity index (χ4v) is 4.22. The number of fused-ring (bicyclic) bond motifs is 1. The fraction of sp³-hybridized carbons (Fsp3) is 0.350. The number of carbonyl (C=O) groups excluding carboxylic acids is 2. The molecule has 1 aromatic heterocycles. The molecular weight excluding hydrogens is 346 g/mol. The maximum absolute atomic E-state index is 12.9. The number of nitrogens with zero attached hydrogens (tertiary/aromatic N) is 2. The molecule has 26 heavy (non-hydrogen) atoms. The summed E-state index contributed by atoms with van der Waals surface area (Å²) in [6.07, 6.45) is 6.47. The zero-order valence-corrected chi connectivity index (χ0v) is 15.8. The lowest BCUT2D eigenvalue weighted by molar-refractivity contribution is -0.118. The van der Waals surface area contributed by atoms with Gasteiger partial charge in [-0.2, -0.15) is 0 Å². The normalized spacial score (nSPS) is 13.0. The lowest BCUT2D eigenvalue weighted by Gasteiger charge is -2.18. The van der Waals surface area contributed by atoms with E-state index in [9.17, 15) is 9.59 Å². The Morgan fingerprint density at radius 3 is 2.65 bits per heavy atom. The fourth-order valence-electron chi connectivity index (χ4n) is 3.05. The molecule has 0 atom stereocenters. The molecule has 0 unspecified atom stereocenters. The minimum atomic E-state index is -0.112. The Balaban J connectivity index is 1.73. The van der Waals surface area contributed by atoms with Crippen molar-refractivity contribution in [2.24, 2.45) is 0 Å².